The van der Waals surface area contributed by atoms with E-state index in [0.717, 1.165) is 38.0 Å². The molecule has 0 aliphatic carbocycles. The Kier molecular flexibility index (Phi) is 3.33. The zero-order valence-corrected chi connectivity index (χ0v) is 13.4. The van der Waals surface area contributed by atoms with Gasteiger partial charge in [-0.1, -0.05) is 5.21 Å². The van der Waals surface area contributed by atoms with Crippen LogP contribution >= 0.6 is 11.3 Å². The minimum atomic E-state index is -0.299. The second kappa shape index (κ2) is 5.38. The van der Waals surface area contributed by atoms with Crippen molar-refractivity contribution in [2.75, 3.05) is 13.1 Å². The molecule has 0 atom stereocenters. The van der Waals surface area contributed by atoms with Crippen LogP contribution in [0.5, 0.6) is 0 Å². The first-order valence-corrected chi connectivity index (χ1v) is 8.41. The first-order valence-electron chi connectivity index (χ1n) is 7.59. The molecule has 1 fully saturated rings. The molecule has 1 N–H and O–H groups in total. The van der Waals surface area contributed by atoms with Crippen molar-refractivity contribution >= 4 is 37.7 Å². The van der Waals surface area contributed by atoms with Crippen molar-refractivity contribution in [3.8, 4) is 0 Å². The monoisotopic (exact) mass is 329 g/mol. The van der Waals surface area contributed by atoms with Crippen molar-refractivity contribution in [3.05, 3.63) is 27.7 Å². The molecule has 23 heavy (non-hydrogen) atoms. The molecule has 118 valence electrons. The number of pyridine rings is 1. The zero-order chi connectivity index (χ0) is 16.0. The minimum absolute atomic E-state index is 0.0121. The largest absolute Gasteiger partial charge is 0.339 e. The number of aryl methyl sites for hydroxylation is 1. The summed E-state index contributed by atoms with van der Waals surface area (Å²) in [4.78, 5) is 31.9. The fourth-order valence-electron chi connectivity index (χ4n) is 3.06. The Hall–Kier alpha value is -2.35. The van der Waals surface area contributed by atoms with Gasteiger partial charge >= 0.3 is 0 Å². The van der Waals surface area contributed by atoms with Gasteiger partial charge in [-0.25, -0.2) is 10.1 Å². The number of nitrogens with one attached hydrogen (secondary N) is 1. The summed E-state index contributed by atoms with van der Waals surface area (Å²) in [6.45, 7) is 3.40. The summed E-state index contributed by atoms with van der Waals surface area (Å²) >= 11 is 1.25. The maximum Gasteiger partial charge on any atom is 0.285 e. The predicted molar refractivity (Wildman–Crippen MR) is 87.8 cm³/mol. The summed E-state index contributed by atoms with van der Waals surface area (Å²) in [5.74, 6) is -0.0121. The van der Waals surface area contributed by atoms with Gasteiger partial charge in [0.1, 0.15) is 15.0 Å². The van der Waals surface area contributed by atoms with E-state index in [1.807, 2.05) is 11.8 Å². The number of hydrogen-bond donors (Lipinski definition) is 1. The van der Waals surface area contributed by atoms with Crippen LogP contribution < -0.4 is 5.56 Å². The quantitative estimate of drug-likeness (QED) is 0.736. The van der Waals surface area contributed by atoms with Crippen LogP contribution in [-0.4, -0.2) is 44.3 Å². The SMILES string of the molecule is Cc1cc(C(=O)N2CCCCC2)c2c(n1)sc1c(=O)[nH]nnc12. The van der Waals surface area contributed by atoms with Gasteiger partial charge in [0.2, 0.25) is 0 Å². The number of carbonyl (C=O) groups excluding carboxylic acids is 1. The van der Waals surface area contributed by atoms with Crippen LogP contribution in [0.3, 0.4) is 0 Å². The molecule has 8 heteroatoms. The average Bonchev–Trinajstić information content (AvgIpc) is 2.94. The molecule has 1 aliphatic heterocycles. The third-order valence-electron chi connectivity index (χ3n) is 4.15. The number of nitrogens with zero attached hydrogens (tertiary/aromatic N) is 4. The number of aromatic nitrogens is 4. The molecule has 0 saturated carbocycles. The molecule has 1 amide bonds. The maximum atomic E-state index is 13.0. The van der Waals surface area contributed by atoms with Crippen LogP contribution in [0.25, 0.3) is 20.4 Å². The van der Waals surface area contributed by atoms with Crippen molar-refractivity contribution in [1.29, 1.82) is 0 Å². The molecule has 0 aromatic carbocycles. The molecule has 1 saturated heterocycles. The molecule has 0 unspecified atom stereocenters. The Morgan fingerprint density at radius 3 is 2.87 bits per heavy atom. The predicted octanol–water partition coefficient (Wildman–Crippen LogP) is 1.86. The van der Waals surface area contributed by atoms with E-state index in [-0.39, 0.29) is 11.5 Å². The molecule has 4 rings (SSSR count). The van der Waals surface area contributed by atoms with E-state index >= 15 is 0 Å². The fourth-order valence-corrected chi connectivity index (χ4v) is 4.13. The van der Waals surface area contributed by atoms with Gasteiger partial charge in [-0.3, -0.25) is 9.59 Å². The van der Waals surface area contributed by atoms with Gasteiger partial charge in [0.05, 0.1) is 10.9 Å². The van der Waals surface area contributed by atoms with Gasteiger partial charge in [-0.2, -0.15) is 0 Å². The molecule has 3 aromatic heterocycles. The lowest BCUT2D eigenvalue weighted by Crippen LogP contribution is -2.35. The van der Waals surface area contributed by atoms with Crippen LogP contribution in [0.4, 0.5) is 0 Å². The fraction of sp³-hybridized carbons (Fsp3) is 0.400. The van der Waals surface area contributed by atoms with Crippen molar-refractivity contribution in [1.82, 2.24) is 25.3 Å². The first-order chi connectivity index (χ1) is 11.1. The van der Waals surface area contributed by atoms with Gasteiger partial charge in [-0.15, -0.1) is 16.4 Å². The Bertz CT molecular complexity index is 971. The average molecular weight is 329 g/mol. The van der Waals surface area contributed by atoms with Crippen molar-refractivity contribution in [2.45, 2.75) is 26.2 Å². The lowest BCUT2D eigenvalue weighted by molar-refractivity contribution is 0.0726. The summed E-state index contributed by atoms with van der Waals surface area (Å²) in [5.41, 5.74) is 1.49. The Morgan fingerprint density at radius 2 is 2.09 bits per heavy atom. The Morgan fingerprint density at radius 1 is 1.30 bits per heavy atom. The highest BCUT2D eigenvalue weighted by atomic mass is 32.1. The first kappa shape index (κ1) is 14.3. The molecule has 7 nitrogen and oxygen atoms in total. The van der Waals surface area contributed by atoms with Crippen LogP contribution in [0.1, 0.15) is 35.3 Å². The van der Waals surface area contributed by atoms with E-state index in [4.69, 9.17) is 0 Å². The summed E-state index contributed by atoms with van der Waals surface area (Å²) in [6, 6.07) is 1.79. The van der Waals surface area contributed by atoms with Crippen LogP contribution in [0.15, 0.2) is 10.9 Å². The number of H-pyrrole nitrogens is 1. The summed E-state index contributed by atoms with van der Waals surface area (Å²) in [7, 11) is 0. The summed E-state index contributed by atoms with van der Waals surface area (Å²) < 4.78 is 0.459. The Labute approximate surface area is 135 Å². The molecule has 3 aromatic rings. The van der Waals surface area contributed by atoms with Gasteiger partial charge in [0.25, 0.3) is 11.5 Å². The maximum absolute atomic E-state index is 13.0. The van der Waals surface area contributed by atoms with E-state index < -0.39 is 0 Å². The number of piperidine rings is 1. The van der Waals surface area contributed by atoms with Gasteiger partial charge in [0.15, 0.2) is 0 Å². The normalized spacial score (nSPS) is 15.4. The number of hydrogen-bond acceptors (Lipinski definition) is 6. The highest BCUT2D eigenvalue weighted by molar-refractivity contribution is 7.25. The third-order valence-corrected chi connectivity index (χ3v) is 5.22. The van der Waals surface area contributed by atoms with Crippen LogP contribution in [0.2, 0.25) is 0 Å². The van der Waals surface area contributed by atoms with Gasteiger partial charge in [0, 0.05) is 18.8 Å². The Balaban J connectivity index is 1.98. The van der Waals surface area contributed by atoms with Crippen LogP contribution in [-0.2, 0) is 0 Å². The number of amides is 1. The van der Waals surface area contributed by atoms with Crippen molar-refractivity contribution in [2.24, 2.45) is 0 Å². The molecular weight excluding hydrogens is 314 g/mol. The second-order valence-electron chi connectivity index (χ2n) is 5.76. The molecule has 4 heterocycles. The molecular formula is C15H15N5O2S. The number of aromatic amines is 1. The van der Waals surface area contributed by atoms with Crippen molar-refractivity contribution in [3.63, 3.8) is 0 Å². The third kappa shape index (κ3) is 2.29. The lowest BCUT2D eigenvalue weighted by atomic mass is 10.1. The number of rotatable bonds is 1. The van der Waals surface area contributed by atoms with Gasteiger partial charge < -0.3 is 4.90 Å². The molecule has 0 radical (unpaired) electrons. The second-order valence-corrected chi connectivity index (χ2v) is 6.76. The molecule has 0 spiro atoms. The lowest BCUT2D eigenvalue weighted by Gasteiger charge is -2.27. The highest BCUT2D eigenvalue weighted by Gasteiger charge is 2.24. The number of fused-ring (bicyclic) bond motifs is 3. The van der Waals surface area contributed by atoms with Crippen molar-refractivity contribution < 1.29 is 4.79 Å². The summed E-state index contributed by atoms with van der Waals surface area (Å²) in [5, 5.41) is 10.7. The smallest absolute Gasteiger partial charge is 0.285 e. The summed E-state index contributed by atoms with van der Waals surface area (Å²) in [6.07, 6.45) is 3.22. The highest BCUT2D eigenvalue weighted by Crippen LogP contribution is 2.32. The standard InChI is InChI=1S/C15H15N5O2S/c1-8-7-9(15(22)20-5-3-2-4-6-20)10-11-12(23-14(10)16-8)13(21)18-19-17-11/h7H,2-6H2,1H3,(H,17,18,21). The van der Waals surface area contributed by atoms with Crippen LogP contribution in [0, 0.1) is 6.92 Å². The topological polar surface area (TPSA) is 91.8 Å². The zero-order valence-electron chi connectivity index (χ0n) is 12.6. The number of likely N-dealkylation sites (tertiary alicyclic amines) is 1. The van der Waals surface area contributed by atoms with E-state index in [9.17, 15) is 9.59 Å². The van der Waals surface area contributed by atoms with E-state index in [0.29, 0.717) is 26.0 Å². The van der Waals surface area contributed by atoms with E-state index in [1.165, 1.54) is 11.3 Å². The van der Waals surface area contributed by atoms with E-state index in [1.54, 1.807) is 6.07 Å². The minimum Gasteiger partial charge on any atom is -0.339 e. The number of thiophene rings is 1. The molecule has 0 bridgehead atoms. The number of carbonyl (C=O) groups is 1. The van der Waals surface area contributed by atoms with Gasteiger partial charge in [-0.05, 0) is 32.3 Å². The molecule has 1 aliphatic rings. The van der Waals surface area contributed by atoms with E-state index in [2.05, 4.69) is 20.4 Å².